The second-order valence-electron chi connectivity index (χ2n) is 26.0. The number of sulfone groups is 3. The van der Waals surface area contributed by atoms with Crippen molar-refractivity contribution >= 4 is 88.3 Å². The summed E-state index contributed by atoms with van der Waals surface area (Å²) in [5.41, 5.74) is 14.1. The van der Waals surface area contributed by atoms with E-state index in [1.165, 1.54) is 24.8 Å². The Balaban J connectivity index is 0.000000131. The van der Waals surface area contributed by atoms with Crippen LogP contribution in [0.3, 0.4) is 0 Å². The average molecular weight is 1400 g/mol. The van der Waals surface area contributed by atoms with Crippen molar-refractivity contribution < 1.29 is 47.2 Å². The van der Waals surface area contributed by atoms with Gasteiger partial charge in [0.25, 0.3) is 0 Å². The highest BCUT2D eigenvalue weighted by molar-refractivity contribution is 7.92. The number of nitrogens with two attached hydrogens (primary N) is 1. The van der Waals surface area contributed by atoms with Gasteiger partial charge in [0.15, 0.2) is 29.5 Å². The van der Waals surface area contributed by atoms with Crippen LogP contribution in [0, 0.1) is 0 Å². The van der Waals surface area contributed by atoms with Crippen molar-refractivity contribution in [3.8, 4) is 33.4 Å². The van der Waals surface area contributed by atoms with Crippen LogP contribution in [0.15, 0.2) is 220 Å². The number of benzene rings is 9. The predicted molar refractivity (Wildman–Crippen MR) is 379 cm³/mol. The lowest BCUT2D eigenvalue weighted by molar-refractivity contribution is 0.0792. The molecule has 3 saturated carbocycles. The van der Waals surface area contributed by atoms with Crippen LogP contribution in [0.5, 0.6) is 0 Å². The van der Waals surface area contributed by atoms with Crippen molar-refractivity contribution in [2.45, 2.75) is 93.8 Å². The second kappa shape index (κ2) is 25.1. The maximum atomic E-state index is 12.0. The molecule has 97 heavy (non-hydrogen) atoms. The molecule has 0 radical (unpaired) electrons. The zero-order valence-corrected chi connectivity index (χ0v) is 57.7. The average Bonchev–Trinajstić information content (AvgIpc) is 1.72. The number of nitrogens with one attached hydrogen (secondary N) is 4. The quantitative estimate of drug-likeness (QED) is 0.0524. The van der Waals surface area contributed by atoms with Crippen molar-refractivity contribution in [2.24, 2.45) is 5.14 Å². The van der Waals surface area contributed by atoms with E-state index in [0.29, 0.717) is 43.7 Å². The highest BCUT2D eigenvalue weighted by atomic mass is 32.2. The highest BCUT2D eigenvalue weighted by Gasteiger charge is 2.44. The van der Waals surface area contributed by atoms with Gasteiger partial charge in [-0.15, -0.1) is 0 Å². The number of aromatic nitrogens is 6. The van der Waals surface area contributed by atoms with Crippen molar-refractivity contribution in [1.82, 2.24) is 29.9 Å². The van der Waals surface area contributed by atoms with Gasteiger partial charge in [-0.05, 0) is 180 Å². The third kappa shape index (κ3) is 14.8. The van der Waals surface area contributed by atoms with Gasteiger partial charge in [0.05, 0.1) is 70.2 Å². The van der Waals surface area contributed by atoms with E-state index in [9.17, 15) is 47.2 Å². The third-order valence-electron chi connectivity index (χ3n) is 18.1. The van der Waals surface area contributed by atoms with E-state index in [1.807, 2.05) is 121 Å². The van der Waals surface area contributed by atoms with Crippen LogP contribution in [0.25, 0.3) is 66.5 Å². The predicted octanol–water partition coefficient (Wildman–Crippen LogP) is 13.0. The van der Waals surface area contributed by atoms with Crippen LogP contribution in [0.4, 0.5) is 5.69 Å². The Hall–Kier alpha value is -9.14. The fraction of sp³-hybridized carbons (Fsp3) is 0.219. The van der Waals surface area contributed by atoms with E-state index in [-0.39, 0.29) is 22.6 Å². The summed E-state index contributed by atoms with van der Waals surface area (Å²) in [4.78, 5) is 25.7. The lowest BCUT2D eigenvalue weighted by atomic mass is 9.89. The van der Waals surface area contributed by atoms with Gasteiger partial charge >= 0.3 is 0 Å². The summed E-state index contributed by atoms with van der Waals surface area (Å²) < 4.78 is 120. The summed E-state index contributed by atoms with van der Waals surface area (Å²) >= 11 is 0. The lowest BCUT2D eigenvalue weighted by Crippen LogP contribution is -2.16. The van der Waals surface area contributed by atoms with Gasteiger partial charge in [-0.3, -0.25) is 4.72 Å². The molecule has 0 aliphatic heterocycles. The largest absolute Gasteiger partial charge is 0.386 e. The molecule has 6 atom stereocenters. The van der Waals surface area contributed by atoms with Crippen LogP contribution < -0.4 is 9.86 Å². The Bertz CT molecular complexity index is 5660. The molecule has 24 heteroatoms. The maximum absolute atomic E-state index is 12.0. The summed E-state index contributed by atoms with van der Waals surface area (Å²) in [6.45, 7) is 3.60. The Morgan fingerprint density at radius 1 is 0.412 bits per heavy atom. The number of rotatable bonds is 16. The number of aromatic amines is 3. The van der Waals surface area contributed by atoms with Gasteiger partial charge in [0, 0.05) is 47.6 Å². The normalized spacial score (nSPS) is 18.6. The number of anilines is 1. The molecule has 3 fully saturated rings. The minimum Gasteiger partial charge on any atom is -0.386 e. The summed E-state index contributed by atoms with van der Waals surface area (Å²) in [6, 6.07) is 60.7. The number of imidazole rings is 3. The Labute approximate surface area is 563 Å². The van der Waals surface area contributed by atoms with Crippen molar-refractivity contribution in [3.63, 3.8) is 0 Å². The fourth-order valence-electron chi connectivity index (χ4n) is 12.8. The first-order valence-corrected chi connectivity index (χ1v) is 40.3. The summed E-state index contributed by atoms with van der Waals surface area (Å²) in [7, 11) is -16.8. The Kier molecular flexibility index (Phi) is 17.2. The van der Waals surface area contributed by atoms with Crippen LogP contribution in [0.1, 0.15) is 108 Å². The molecular formula is C73H70N8O11S5. The Morgan fingerprint density at radius 2 is 0.742 bits per heavy atom. The van der Waals surface area contributed by atoms with Crippen LogP contribution in [0.2, 0.25) is 0 Å². The number of primary sulfonamides is 1. The maximum Gasteiger partial charge on any atom is 0.238 e. The number of hydrogen-bond acceptors (Lipinski definition) is 14. The SMILES string of the molecule is CC(C)(O)c1ccccc1-c1ccc2nc(C3CC3c3ccc(S(C)(=O)=O)cc3)[nH]c2c1.CS(=O)(=O)Nc1ccccc1-c1ccc2nc(C3CC3c3ccc(S(C)(=O)=O)cc3)[nH]c2c1.CS(=O)(=O)c1ccc(C2CC2c2nc3ccc(-c4ccccc4S(N)(=O)=O)cc3[nH]2)cc1. The first-order chi connectivity index (χ1) is 45.8. The molecule has 0 amide bonds. The van der Waals surface area contributed by atoms with Crippen molar-refractivity contribution in [2.75, 3.05) is 29.7 Å². The number of hydrogen-bond donors (Lipinski definition) is 6. The van der Waals surface area contributed by atoms with Gasteiger partial charge in [0.1, 0.15) is 17.5 Å². The molecule has 19 nitrogen and oxygen atoms in total. The monoisotopic (exact) mass is 1390 g/mol. The van der Waals surface area contributed by atoms with E-state index < -0.39 is 55.2 Å². The minimum absolute atomic E-state index is 0.0823. The van der Waals surface area contributed by atoms with Gasteiger partial charge in [-0.2, -0.15) is 0 Å². The zero-order chi connectivity index (χ0) is 68.7. The zero-order valence-electron chi connectivity index (χ0n) is 53.6. The molecule has 0 bridgehead atoms. The number of sulfonamides is 2. The van der Waals surface area contributed by atoms with Gasteiger partial charge in [-0.25, -0.2) is 62.2 Å². The van der Waals surface area contributed by atoms with E-state index in [1.54, 1.807) is 80.6 Å². The molecule has 0 saturated heterocycles. The molecule has 498 valence electrons. The fourth-order valence-corrected chi connectivity index (χ4v) is 16.1. The van der Waals surface area contributed by atoms with Gasteiger partial charge in [-0.1, -0.05) is 115 Å². The number of H-pyrrole nitrogens is 3. The Morgan fingerprint density at radius 3 is 1.10 bits per heavy atom. The molecule has 9 aromatic carbocycles. The molecule has 15 rings (SSSR count). The molecule has 7 N–H and O–H groups in total. The summed E-state index contributed by atoms with van der Waals surface area (Å²) in [5, 5.41) is 16.0. The van der Waals surface area contributed by atoms with E-state index in [4.69, 9.17) is 20.1 Å². The third-order valence-corrected chi connectivity index (χ3v) is 23.0. The van der Waals surface area contributed by atoms with Crippen molar-refractivity contribution in [3.05, 3.63) is 240 Å². The van der Waals surface area contributed by atoms with E-state index >= 15 is 0 Å². The van der Waals surface area contributed by atoms with E-state index in [0.717, 1.165) is 126 Å². The summed E-state index contributed by atoms with van der Waals surface area (Å²) in [5.74, 6) is 4.46. The van der Waals surface area contributed by atoms with Crippen molar-refractivity contribution in [1.29, 1.82) is 0 Å². The number of nitrogens with zero attached hydrogens (tertiary/aromatic N) is 3. The summed E-state index contributed by atoms with van der Waals surface area (Å²) in [6.07, 6.45) is 7.64. The molecule has 3 aromatic heterocycles. The van der Waals surface area contributed by atoms with E-state index in [2.05, 4.69) is 25.7 Å². The van der Waals surface area contributed by atoms with Gasteiger partial charge < -0.3 is 20.1 Å². The molecule has 3 aliphatic rings. The first kappa shape index (κ1) is 66.5. The molecule has 12 aromatic rings. The smallest absolute Gasteiger partial charge is 0.238 e. The lowest BCUT2D eigenvalue weighted by Gasteiger charge is -2.21. The van der Waals surface area contributed by atoms with Crippen LogP contribution >= 0.6 is 0 Å². The first-order valence-electron chi connectivity index (χ1n) is 31.2. The molecule has 0 spiro atoms. The standard InChI is InChI=1S/C26H26N2O3S.C24H23N3O4S2.C23H21N3O4S2/c1-26(2,29)22-7-5-4-6-19(22)17-10-13-23-24(14-17)28-25(27-23)21-15-20(21)16-8-11-18(12-9-16)32(3,30)31;1-32(28,29)17-10-7-15(8-11-17)19-14-20(19)24-25-22-12-9-16(13-23(22)26-24)18-5-3-4-6-21(18)27-33(2,30)31;1-31(27,28)16-9-6-14(7-10-16)18-13-19(18)23-25-20-11-8-15(12-21(20)26-23)17-4-2-3-5-22(17)32(24,29)30/h4-14,20-21,29H,15H2,1-3H3,(H,27,28);3-13,19-20,27H,14H2,1-2H3,(H,25,26);2-12,18-19H,13H2,1H3,(H,25,26)(H2,24,29,30). The molecule has 3 aliphatic carbocycles. The number of para-hydroxylation sites is 1. The number of fused-ring (bicyclic) bond motifs is 3. The van der Waals surface area contributed by atoms with Crippen LogP contribution in [-0.2, 0) is 55.2 Å². The van der Waals surface area contributed by atoms with Gasteiger partial charge in [0.2, 0.25) is 20.0 Å². The molecular weight excluding hydrogens is 1330 g/mol. The van der Waals surface area contributed by atoms with Crippen LogP contribution in [-0.4, -0.2) is 102 Å². The number of aliphatic hydroxyl groups is 1. The molecule has 6 unspecified atom stereocenters. The molecule has 3 heterocycles. The topological polar surface area (TPSA) is 315 Å². The minimum atomic E-state index is -3.85. The highest BCUT2D eigenvalue weighted by Crippen LogP contribution is 2.56. The second-order valence-corrected chi connectivity index (χ2v) is 35.3.